The molecular formula is C35H46N4O6. The summed E-state index contributed by atoms with van der Waals surface area (Å²) >= 11 is 0. The first-order chi connectivity index (χ1) is 22.3. The van der Waals surface area contributed by atoms with Crippen LogP contribution in [-0.4, -0.2) is 72.0 Å². The first kappa shape index (κ1) is 35.2. The Balaban J connectivity index is 0.000000151. The molecule has 0 amide bonds. The highest BCUT2D eigenvalue weighted by atomic mass is 16.5. The molecule has 8 rings (SSSR count). The highest BCUT2D eigenvalue weighted by molar-refractivity contribution is 5.75. The fourth-order valence-corrected chi connectivity index (χ4v) is 4.21. The summed E-state index contributed by atoms with van der Waals surface area (Å²) in [6, 6.07) is 16.9. The van der Waals surface area contributed by atoms with Gasteiger partial charge in [0.15, 0.2) is 18.2 Å². The first-order valence-electron chi connectivity index (χ1n) is 15.6. The van der Waals surface area contributed by atoms with Crippen LogP contribution in [0, 0.1) is 0 Å². The Morgan fingerprint density at radius 1 is 0.756 bits per heavy atom. The number of morpholine rings is 1. The van der Waals surface area contributed by atoms with Crippen LogP contribution in [0.15, 0.2) is 105 Å². The minimum Gasteiger partial charge on any atom is -0.493 e. The van der Waals surface area contributed by atoms with Crippen molar-refractivity contribution < 1.29 is 23.4 Å². The first-order valence-corrected chi connectivity index (χ1v) is 15.6. The molecule has 2 aromatic carbocycles. The number of ether oxygens (including phenoxy) is 4. The van der Waals surface area contributed by atoms with E-state index in [1.165, 1.54) is 69.5 Å². The average molecular weight is 619 g/mol. The number of nitrogens with one attached hydrogen (secondary N) is 2. The second-order valence-corrected chi connectivity index (χ2v) is 9.96. The van der Waals surface area contributed by atoms with E-state index < -0.39 is 0 Å². The van der Waals surface area contributed by atoms with Crippen molar-refractivity contribution in [3.8, 4) is 5.75 Å². The Morgan fingerprint density at radius 3 is 2.04 bits per heavy atom. The van der Waals surface area contributed by atoms with Crippen LogP contribution in [0.3, 0.4) is 0 Å². The van der Waals surface area contributed by atoms with Gasteiger partial charge in [-0.25, -0.2) is 4.99 Å². The van der Waals surface area contributed by atoms with E-state index in [0.717, 1.165) is 51.6 Å². The summed E-state index contributed by atoms with van der Waals surface area (Å²) in [6.07, 6.45) is 17.8. The zero-order valence-electron chi connectivity index (χ0n) is 26.0. The number of benzene rings is 2. The zero-order chi connectivity index (χ0) is 31.5. The maximum atomic E-state index is 11.1. The zero-order valence-corrected chi connectivity index (χ0v) is 26.0. The summed E-state index contributed by atoms with van der Waals surface area (Å²) in [5, 5.41) is 7.08. The fraction of sp³-hybridized carbons (Fsp3) is 0.400. The lowest BCUT2D eigenvalue weighted by Crippen LogP contribution is -2.30. The maximum Gasteiger partial charge on any atom is 0.192 e. The summed E-state index contributed by atoms with van der Waals surface area (Å²) in [4.78, 5) is 18.5. The van der Waals surface area contributed by atoms with Crippen LogP contribution in [0.25, 0.3) is 11.0 Å². The Labute approximate surface area is 265 Å². The number of piperidine rings is 1. The molecule has 2 saturated heterocycles. The summed E-state index contributed by atoms with van der Waals surface area (Å²) in [5.74, 6) is 1.08. The van der Waals surface area contributed by atoms with Gasteiger partial charge in [-0.3, -0.25) is 9.79 Å². The molecule has 10 nitrogen and oxygen atoms in total. The van der Waals surface area contributed by atoms with Gasteiger partial charge >= 0.3 is 0 Å². The molecule has 5 aliphatic rings. The summed E-state index contributed by atoms with van der Waals surface area (Å²) in [5.41, 5.74) is 2.00. The molecule has 45 heavy (non-hydrogen) atoms. The van der Waals surface area contributed by atoms with Crippen molar-refractivity contribution in [2.24, 2.45) is 9.98 Å². The van der Waals surface area contributed by atoms with Crippen LogP contribution in [0.2, 0.25) is 0 Å². The molecule has 6 heterocycles. The third-order valence-electron chi connectivity index (χ3n) is 6.48. The molecule has 5 aliphatic heterocycles. The summed E-state index contributed by atoms with van der Waals surface area (Å²) in [7, 11) is 0. The van der Waals surface area contributed by atoms with Gasteiger partial charge in [-0.15, -0.1) is 0 Å². The minimum atomic E-state index is 0.00634. The van der Waals surface area contributed by atoms with Gasteiger partial charge in [0.1, 0.15) is 17.9 Å². The second-order valence-electron chi connectivity index (χ2n) is 9.96. The van der Waals surface area contributed by atoms with Crippen LogP contribution in [0.1, 0.15) is 31.2 Å². The number of fused-ring (bicyclic) bond motifs is 2. The number of hydrogen-bond acceptors (Lipinski definition) is 10. The average Bonchev–Trinajstić information content (AvgIpc) is 3.16. The molecule has 1 aromatic heterocycles. The van der Waals surface area contributed by atoms with E-state index >= 15 is 0 Å². The minimum absolute atomic E-state index is 0.00634. The number of hydrogen-bond donors (Lipinski definition) is 2. The molecule has 2 fully saturated rings. The monoisotopic (exact) mass is 618 g/mol. The van der Waals surface area contributed by atoms with Crippen LogP contribution >= 0.6 is 0 Å². The number of rotatable bonds is 0. The Kier molecular flexibility index (Phi) is 18.9. The highest BCUT2D eigenvalue weighted by Gasteiger charge is 2.07. The van der Waals surface area contributed by atoms with Crippen molar-refractivity contribution in [3.05, 3.63) is 101 Å². The van der Waals surface area contributed by atoms with Gasteiger partial charge in [-0.05, 0) is 74.7 Å². The topological polar surface area (TPSA) is 116 Å². The molecule has 0 bridgehead atoms. The van der Waals surface area contributed by atoms with E-state index in [9.17, 15) is 4.79 Å². The quantitative estimate of drug-likeness (QED) is 0.349. The third kappa shape index (κ3) is 16.4. The largest absolute Gasteiger partial charge is 0.493 e. The van der Waals surface area contributed by atoms with E-state index in [1.54, 1.807) is 24.6 Å². The van der Waals surface area contributed by atoms with E-state index in [2.05, 4.69) is 37.5 Å². The lowest BCUT2D eigenvalue weighted by atomic mass is 10.1. The van der Waals surface area contributed by atoms with E-state index in [-0.39, 0.29) is 5.43 Å². The molecule has 0 radical (unpaired) electrons. The van der Waals surface area contributed by atoms with Crippen LogP contribution in [0.5, 0.6) is 5.75 Å². The Morgan fingerprint density at radius 2 is 1.56 bits per heavy atom. The van der Waals surface area contributed by atoms with Crippen molar-refractivity contribution >= 4 is 23.8 Å². The number of aliphatic imine (C=N–C) groups is 2. The molecule has 0 atom stereocenters. The normalized spacial score (nSPS) is 17.0. The molecule has 0 saturated carbocycles. The van der Waals surface area contributed by atoms with E-state index in [0.29, 0.717) is 17.6 Å². The van der Waals surface area contributed by atoms with Crippen molar-refractivity contribution in [1.29, 1.82) is 0 Å². The van der Waals surface area contributed by atoms with Crippen LogP contribution in [0.4, 0.5) is 0 Å². The lowest BCUT2D eigenvalue weighted by molar-refractivity contribution is 0.109. The van der Waals surface area contributed by atoms with E-state index in [1.807, 2.05) is 36.4 Å². The maximum absolute atomic E-state index is 11.1. The van der Waals surface area contributed by atoms with Crippen molar-refractivity contribution in [2.75, 3.05) is 59.2 Å². The highest BCUT2D eigenvalue weighted by Crippen LogP contribution is 2.23. The van der Waals surface area contributed by atoms with Gasteiger partial charge in [0, 0.05) is 25.4 Å². The second kappa shape index (κ2) is 24.1. The predicted octanol–water partition coefficient (Wildman–Crippen LogP) is 5.29. The number of aryl methyl sites for hydroxylation is 1. The van der Waals surface area contributed by atoms with Crippen molar-refractivity contribution in [3.63, 3.8) is 0 Å². The molecule has 3 aromatic rings. The van der Waals surface area contributed by atoms with Gasteiger partial charge in [0.05, 0.1) is 44.3 Å². The van der Waals surface area contributed by atoms with Crippen molar-refractivity contribution in [2.45, 2.75) is 32.1 Å². The number of nitrogens with zero attached hydrogens (tertiary/aromatic N) is 2. The van der Waals surface area contributed by atoms with E-state index in [4.69, 9.17) is 18.6 Å². The molecule has 0 spiro atoms. The Bertz CT molecular complexity index is 1270. The molecule has 2 N–H and O–H groups in total. The van der Waals surface area contributed by atoms with Gasteiger partial charge < -0.3 is 34.0 Å². The lowest BCUT2D eigenvalue weighted by Gasteiger charge is -2.15. The van der Waals surface area contributed by atoms with Gasteiger partial charge in [-0.1, -0.05) is 36.8 Å². The summed E-state index contributed by atoms with van der Waals surface area (Å²) < 4.78 is 24.8. The molecule has 0 aliphatic carbocycles. The molecule has 0 unspecified atom stereocenters. The molecular weight excluding hydrogens is 572 g/mol. The van der Waals surface area contributed by atoms with Gasteiger partial charge in [0.25, 0.3) is 0 Å². The van der Waals surface area contributed by atoms with Crippen LogP contribution in [-0.2, 0) is 20.6 Å². The van der Waals surface area contributed by atoms with Crippen LogP contribution < -0.4 is 20.8 Å². The standard InChI is InChI=1S/C9H6O2.C9H10O.C5H11N.C4H9NO.2C4H5NO/c10-8-5-6-11-9-4-2-1-3-7(8)9;1-2-6-9-8(4-1)5-3-7-10-9;1-2-4-6-5-3-1;1-3-6-4-2-5-1;2*1-2-5-4-6-3-1/h1-6H;1-2,4,6H,3,5,7H2;6H,1-5H2;5H,1-4H2;1,3-4H,2H2;1-2,4H,3H2. The Hall–Kier alpha value is -4.25. The third-order valence-corrected chi connectivity index (χ3v) is 6.48. The van der Waals surface area contributed by atoms with Gasteiger partial charge in [0.2, 0.25) is 0 Å². The molecule has 10 heteroatoms. The van der Waals surface area contributed by atoms with Gasteiger partial charge in [-0.2, -0.15) is 0 Å². The molecule has 242 valence electrons. The number of para-hydroxylation sites is 2. The fourth-order valence-electron chi connectivity index (χ4n) is 4.21. The summed E-state index contributed by atoms with van der Waals surface area (Å²) in [6.45, 7) is 8.65. The smallest absolute Gasteiger partial charge is 0.192 e. The predicted molar refractivity (Wildman–Crippen MR) is 180 cm³/mol. The van der Waals surface area contributed by atoms with Crippen molar-refractivity contribution in [1.82, 2.24) is 10.6 Å². The SMILES string of the molecule is C1=CN=COC1.C1=COC=NC1.C1CCNCC1.C1COCCN1.O=c1ccoc2ccccc12.c1ccc2c(c1)CCCO2.